The van der Waals surface area contributed by atoms with Gasteiger partial charge in [0.05, 0.1) is 6.54 Å². The summed E-state index contributed by atoms with van der Waals surface area (Å²) in [6, 6.07) is 0. The highest BCUT2D eigenvalue weighted by Crippen LogP contribution is 1.81. The highest BCUT2D eigenvalue weighted by molar-refractivity contribution is 5.97. The zero-order valence-corrected chi connectivity index (χ0v) is 4.16. The van der Waals surface area contributed by atoms with Crippen molar-refractivity contribution in [3.05, 3.63) is 0 Å². The summed E-state index contributed by atoms with van der Waals surface area (Å²) in [5.74, 6) is 0.403. The van der Waals surface area contributed by atoms with Crippen LogP contribution >= 0.6 is 0 Å². The lowest BCUT2D eigenvalue weighted by molar-refractivity contribution is -0.108. The average molecular weight is 111 g/mol. The quantitative estimate of drug-likeness (QED) is 0.441. The number of nitrogens with zero attached hydrogens (tertiary/aromatic N) is 2. The van der Waals surface area contributed by atoms with Gasteiger partial charge in [0.15, 0.2) is 0 Å². The predicted octanol–water partition coefficient (Wildman–Crippen LogP) is -0.827. The first-order chi connectivity index (χ1) is 3.93. The fraction of sp³-hybridized carbons (Fsp3) is 0.250. The predicted molar refractivity (Wildman–Crippen MR) is 30.0 cm³/mol. The summed E-state index contributed by atoms with van der Waals surface area (Å²) in [5.41, 5.74) is 0. The standard InChI is InChI=1S/C4H5N3O/c8-3-7-4-5-1-2-6-4/h1,3H,2H2,(H,6,7,8). The number of guanidine groups is 1. The van der Waals surface area contributed by atoms with Crippen molar-refractivity contribution in [2.45, 2.75) is 0 Å². The van der Waals surface area contributed by atoms with E-state index in [4.69, 9.17) is 0 Å². The van der Waals surface area contributed by atoms with E-state index >= 15 is 0 Å². The Hall–Kier alpha value is -1.19. The maximum Gasteiger partial charge on any atom is 0.224 e. The van der Waals surface area contributed by atoms with Crippen LogP contribution in [0.1, 0.15) is 0 Å². The molecule has 1 aliphatic rings. The molecule has 1 rings (SSSR count). The SMILES string of the molecule is O=CNC1=NCC=N1. The van der Waals surface area contributed by atoms with Gasteiger partial charge in [-0.3, -0.25) is 10.1 Å². The minimum absolute atomic E-state index is 0.403. The van der Waals surface area contributed by atoms with Crippen molar-refractivity contribution in [3.63, 3.8) is 0 Å². The molecule has 42 valence electrons. The van der Waals surface area contributed by atoms with Gasteiger partial charge in [0, 0.05) is 6.21 Å². The second-order valence-electron chi connectivity index (χ2n) is 1.24. The summed E-state index contributed by atoms with van der Waals surface area (Å²) in [6.07, 6.45) is 2.19. The van der Waals surface area contributed by atoms with Gasteiger partial charge in [-0.2, -0.15) is 0 Å². The molecule has 8 heavy (non-hydrogen) atoms. The van der Waals surface area contributed by atoms with Gasteiger partial charge in [0.2, 0.25) is 12.4 Å². The van der Waals surface area contributed by atoms with Gasteiger partial charge >= 0.3 is 0 Å². The maximum absolute atomic E-state index is 9.70. The number of aliphatic imine (C=N–C) groups is 2. The summed E-state index contributed by atoms with van der Waals surface area (Å²) in [5, 5.41) is 2.32. The van der Waals surface area contributed by atoms with Crippen LogP contribution in [0.15, 0.2) is 9.98 Å². The van der Waals surface area contributed by atoms with Crippen LogP contribution in [0.2, 0.25) is 0 Å². The molecule has 0 saturated heterocycles. The van der Waals surface area contributed by atoms with E-state index in [1.165, 1.54) is 0 Å². The average Bonchev–Trinajstić information content (AvgIpc) is 2.19. The number of hydrogen-bond donors (Lipinski definition) is 1. The van der Waals surface area contributed by atoms with Crippen LogP contribution in [-0.2, 0) is 4.79 Å². The number of amides is 1. The van der Waals surface area contributed by atoms with Gasteiger partial charge in [-0.05, 0) is 0 Å². The number of carbonyl (C=O) groups is 1. The molecule has 1 aliphatic heterocycles. The lowest BCUT2D eigenvalue weighted by Crippen LogP contribution is -2.17. The zero-order chi connectivity index (χ0) is 5.82. The topological polar surface area (TPSA) is 53.8 Å². The molecule has 0 spiro atoms. The molecule has 1 heterocycles. The molecular formula is C4H5N3O. The molecule has 0 bridgehead atoms. The number of nitrogens with one attached hydrogen (secondary N) is 1. The fourth-order valence-corrected chi connectivity index (χ4v) is 0.431. The Morgan fingerprint density at radius 3 is 3.25 bits per heavy atom. The van der Waals surface area contributed by atoms with Crippen LogP contribution in [-0.4, -0.2) is 25.1 Å². The molecule has 4 heteroatoms. The monoisotopic (exact) mass is 111 g/mol. The van der Waals surface area contributed by atoms with Crippen LogP contribution < -0.4 is 5.32 Å². The van der Waals surface area contributed by atoms with Crippen molar-refractivity contribution in [2.24, 2.45) is 9.98 Å². The molecule has 0 aliphatic carbocycles. The van der Waals surface area contributed by atoms with Crippen molar-refractivity contribution < 1.29 is 4.79 Å². The van der Waals surface area contributed by atoms with Gasteiger partial charge < -0.3 is 0 Å². The van der Waals surface area contributed by atoms with Crippen LogP contribution in [0.4, 0.5) is 0 Å². The van der Waals surface area contributed by atoms with E-state index in [0.717, 1.165) is 0 Å². The minimum atomic E-state index is 0.403. The van der Waals surface area contributed by atoms with E-state index in [1.807, 2.05) is 0 Å². The van der Waals surface area contributed by atoms with Crippen molar-refractivity contribution in [1.29, 1.82) is 0 Å². The minimum Gasteiger partial charge on any atom is -0.297 e. The Morgan fingerprint density at radius 2 is 2.75 bits per heavy atom. The molecule has 0 aromatic heterocycles. The summed E-state index contributed by atoms with van der Waals surface area (Å²) in [6.45, 7) is 0.580. The number of carbonyl (C=O) groups excluding carboxylic acids is 1. The highest BCUT2D eigenvalue weighted by Gasteiger charge is 1.95. The Kier molecular flexibility index (Phi) is 1.37. The van der Waals surface area contributed by atoms with E-state index in [9.17, 15) is 4.79 Å². The van der Waals surface area contributed by atoms with Gasteiger partial charge in [-0.1, -0.05) is 0 Å². The molecule has 0 radical (unpaired) electrons. The van der Waals surface area contributed by atoms with Gasteiger partial charge in [0.1, 0.15) is 0 Å². The number of rotatable bonds is 1. The Balaban J connectivity index is 2.45. The zero-order valence-electron chi connectivity index (χ0n) is 4.16. The van der Waals surface area contributed by atoms with Crippen LogP contribution in [0, 0.1) is 0 Å². The van der Waals surface area contributed by atoms with Crippen molar-refractivity contribution in [1.82, 2.24) is 5.32 Å². The Labute approximate surface area is 46.3 Å². The van der Waals surface area contributed by atoms with E-state index in [1.54, 1.807) is 6.21 Å². The summed E-state index contributed by atoms with van der Waals surface area (Å²) in [4.78, 5) is 17.2. The molecule has 1 N–H and O–H groups in total. The Bertz CT molecular complexity index is 149. The van der Waals surface area contributed by atoms with Gasteiger partial charge in [-0.25, -0.2) is 9.98 Å². The Morgan fingerprint density at radius 1 is 1.88 bits per heavy atom. The largest absolute Gasteiger partial charge is 0.297 e. The summed E-state index contributed by atoms with van der Waals surface area (Å²) < 4.78 is 0. The molecule has 0 fully saturated rings. The molecule has 4 nitrogen and oxygen atoms in total. The number of hydrogen-bond acceptors (Lipinski definition) is 3. The first-order valence-corrected chi connectivity index (χ1v) is 2.20. The molecule has 0 saturated carbocycles. The first-order valence-electron chi connectivity index (χ1n) is 2.20. The van der Waals surface area contributed by atoms with E-state index in [0.29, 0.717) is 18.9 Å². The first kappa shape index (κ1) is 4.96. The van der Waals surface area contributed by atoms with Crippen molar-refractivity contribution >= 4 is 18.6 Å². The third-order valence-corrected chi connectivity index (χ3v) is 0.724. The smallest absolute Gasteiger partial charge is 0.224 e. The summed E-state index contributed by atoms with van der Waals surface area (Å²) in [7, 11) is 0. The maximum atomic E-state index is 9.70. The lowest BCUT2D eigenvalue weighted by atomic mass is 10.8. The molecular weight excluding hydrogens is 106 g/mol. The van der Waals surface area contributed by atoms with Crippen molar-refractivity contribution in [3.8, 4) is 0 Å². The van der Waals surface area contributed by atoms with Crippen molar-refractivity contribution in [2.75, 3.05) is 6.54 Å². The highest BCUT2D eigenvalue weighted by atomic mass is 16.1. The second-order valence-corrected chi connectivity index (χ2v) is 1.24. The molecule has 1 amide bonds. The lowest BCUT2D eigenvalue weighted by Gasteiger charge is -1.86. The third kappa shape index (κ3) is 0.900. The normalized spacial score (nSPS) is 15.8. The van der Waals surface area contributed by atoms with E-state index in [-0.39, 0.29) is 0 Å². The van der Waals surface area contributed by atoms with E-state index in [2.05, 4.69) is 15.3 Å². The van der Waals surface area contributed by atoms with E-state index < -0.39 is 0 Å². The fourth-order valence-electron chi connectivity index (χ4n) is 0.431. The second kappa shape index (κ2) is 2.20. The van der Waals surface area contributed by atoms with Crippen LogP contribution in [0.25, 0.3) is 0 Å². The van der Waals surface area contributed by atoms with Gasteiger partial charge in [-0.15, -0.1) is 0 Å². The molecule has 0 atom stereocenters. The third-order valence-electron chi connectivity index (χ3n) is 0.724. The summed E-state index contributed by atoms with van der Waals surface area (Å²) >= 11 is 0. The molecule has 0 aromatic carbocycles. The van der Waals surface area contributed by atoms with Crippen LogP contribution in [0.3, 0.4) is 0 Å². The van der Waals surface area contributed by atoms with Crippen LogP contribution in [0.5, 0.6) is 0 Å². The molecule has 0 unspecified atom stereocenters. The molecule has 0 aromatic rings. The van der Waals surface area contributed by atoms with Gasteiger partial charge in [0.25, 0.3) is 0 Å².